The monoisotopic (exact) mass is 408 g/mol. The molecule has 7 heteroatoms. The Kier molecular flexibility index (Phi) is 3.67. The van der Waals surface area contributed by atoms with Crippen molar-refractivity contribution < 1.29 is 0 Å². The van der Waals surface area contributed by atoms with Gasteiger partial charge in [0.2, 0.25) is 5.95 Å². The summed E-state index contributed by atoms with van der Waals surface area (Å²) in [6.07, 6.45) is 10.9. The summed E-state index contributed by atoms with van der Waals surface area (Å²) in [6, 6.07) is 8.19. The highest BCUT2D eigenvalue weighted by molar-refractivity contribution is 6.30. The molecule has 3 fully saturated rings. The summed E-state index contributed by atoms with van der Waals surface area (Å²) in [5, 5.41) is 9.31. The van der Waals surface area contributed by atoms with Crippen LogP contribution in [0.3, 0.4) is 0 Å². The van der Waals surface area contributed by atoms with E-state index in [-0.39, 0.29) is 17.0 Å². The van der Waals surface area contributed by atoms with Gasteiger partial charge in [-0.25, -0.2) is 9.67 Å². The number of nitrogens with zero attached hydrogens (tertiary/aromatic N) is 5. The van der Waals surface area contributed by atoms with Gasteiger partial charge in [-0.1, -0.05) is 30.2 Å². The summed E-state index contributed by atoms with van der Waals surface area (Å²) < 4.78 is 4.41. The number of fused-ring (bicyclic) bond motifs is 1. The molecule has 1 atom stereocenters. The Morgan fingerprint density at radius 1 is 1.21 bits per heavy atom. The van der Waals surface area contributed by atoms with E-state index >= 15 is 0 Å². The van der Waals surface area contributed by atoms with Crippen molar-refractivity contribution in [2.24, 2.45) is 0 Å². The molecule has 29 heavy (non-hydrogen) atoms. The zero-order chi connectivity index (χ0) is 19.6. The lowest BCUT2D eigenvalue weighted by Gasteiger charge is -2.70. The van der Waals surface area contributed by atoms with Gasteiger partial charge in [-0.2, -0.15) is 4.98 Å². The van der Waals surface area contributed by atoms with Crippen LogP contribution in [0.1, 0.15) is 61.5 Å². The first kappa shape index (κ1) is 17.5. The lowest BCUT2D eigenvalue weighted by atomic mass is 9.44. The van der Waals surface area contributed by atoms with Crippen LogP contribution >= 0.6 is 11.6 Å². The van der Waals surface area contributed by atoms with E-state index in [0.717, 1.165) is 61.1 Å². The van der Waals surface area contributed by atoms with Gasteiger partial charge in [-0.05, 0) is 56.7 Å². The largest absolute Gasteiger partial charge is 0.347 e. The average Bonchev–Trinajstić information content (AvgIpc) is 3.18. The molecule has 6 nitrogen and oxygen atoms in total. The average molecular weight is 409 g/mol. The third-order valence-electron chi connectivity index (χ3n) is 7.01. The lowest BCUT2D eigenvalue weighted by molar-refractivity contribution is -0.100. The summed E-state index contributed by atoms with van der Waals surface area (Å²) in [7, 11) is 0. The zero-order valence-corrected chi connectivity index (χ0v) is 17.4. The Morgan fingerprint density at radius 2 is 2.07 bits per heavy atom. The molecular formula is C22H25ClN6. The number of halogens is 1. The number of aryl methyl sites for hydroxylation is 2. The molecule has 150 valence electrons. The number of hydrogen-bond acceptors (Lipinski definition) is 4. The minimum absolute atomic E-state index is 0.150. The third kappa shape index (κ3) is 2.72. The highest BCUT2D eigenvalue weighted by atomic mass is 35.5. The van der Waals surface area contributed by atoms with Crippen LogP contribution in [-0.4, -0.2) is 29.9 Å². The van der Waals surface area contributed by atoms with E-state index in [1.54, 1.807) is 0 Å². The molecule has 0 amide bonds. The maximum atomic E-state index is 6.26. The molecule has 0 radical (unpaired) electrons. The van der Waals surface area contributed by atoms with Crippen LogP contribution in [-0.2, 0) is 12.1 Å². The molecule has 3 heterocycles. The van der Waals surface area contributed by atoms with Gasteiger partial charge in [0, 0.05) is 29.2 Å². The van der Waals surface area contributed by atoms with E-state index < -0.39 is 0 Å². The number of rotatable bonds is 4. The van der Waals surface area contributed by atoms with Crippen LogP contribution < -0.4 is 5.32 Å². The van der Waals surface area contributed by atoms with E-state index in [9.17, 15) is 0 Å². The number of hydrogen-bond donors (Lipinski definition) is 1. The van der Waals surface area contributed by atoms with Gasteiger partial charge in [0.1, 0.15) is 5.82 Å². The topological polar surface area (TPSA) is 60.6 Å². The van der Waals surface area contributed by atoms with Crippen molar-refractivity contribution >= 4 is 17.5 Å². The minimum Gasteiger partial charge on any atom is -0.347 e. The van der Waals surface area contributed by atoms with E-state index in [0.29, 0.717) is 0 Å². The van der Waals surface area contributed by atoms with Crippen molar-refractivity contribution in [3.05, 3.63) is 58.9 Å². The Bertz CT molecular complexity index is 1060. The molecule has 1 aliphatic heterocycles. The SMILES string of the molecule is Cc1cn(C23CC(Nc4nc5n(n4)CCCC[C@H]5c4cccc(Cl)c4)(C2)C3)cn1. The van der Waals surface area contributed by atoms with Crippen LogP contribution in [0, 0.1) is 6.92 Å². The first-order chi connectivity index (χ1) is 14.0. The molecule has 1 N–H and O–H groups in total. The second kappa shape index (κ2) is 6.08. The van der Waals surface area contributed by atoms with Gasteiger partial charge < -0.3 is 9.88 Å². The Balaban J connectivity index is 1.23. The summed E-state index contributed by atoms with van der Waals surface area (Å²) in [6.45, 7) is 2.99. The summed E-state index contributed by atoms with van der Waals surface area (Å²) in [5.41, 5.74) is 2.73. The van der Waals surface area contributed by atoms with E-state index in [1.165, 1.54) is 12.0 Å². The number of anilines is 1. The number of nitrogens with one attached hydrogen (secondary N) is 1. The van der Waals surface area contributed by atoms with Crippen molar-refractivity contribution in [2.75, 3.05) is 5.32 Å². The number of aromatic nitrogens is 5. The van der Waals surface area contributed by atoms with Gasteiger partial charge >= 0.3 is 0 Å². The van der Waals surface area contributed by atoms with Crippen molar-refractivity contribution in [3.8, 4) is 0 Å². The van der Waals surface area contributed by atoms with Crippen LogP contribution in [0.5, 0.6) is 0 Å². The second-order valence-electron chi connectivity index (χ2n) is 9.20. The molecule has 0 spiro atoms. The van der Waals surface area contributed by atoms with Gasteiger partial charge in [-0.3, -0.25) is 0 Å². The molecule has 4 aliphatic rings. The predicted molar refractivity (Wildman–Crippen MR) is 112 cm³/mol. The highest BCUT2D eigenvalue weighted by Crippen LogP contribution is 2.66. The maximum absolute atomic E-state index is 6.26. The number of benzene rings is 1. The van der Waals surface area contributed by atoms with E-state index in [2.05, 4.69) is 44.8 Å². The smallest absolute Gasteiger partial charge is 0.242 e. The summed E-state index contributed by atoms with van der Waals surface area (Å²) >= 11 is 6.26. The van der Waals surface area contributed by atoms with Crippen LogP contribution in [0.25, 0.3) is 0 Å². The van der Waals surface area contributed by atoms with Crippen LogP contribution in [0.2, 0.25) is 5.02 Å². The minimum atomic E-state index is 0.150. The first-order valence-corrected chi connectivity index (χ1v) is 10.9. The van der Waals surface area contributed by atoms with Crippen LogP contribution in [0.15, 0.2) is 36.8 Å². The van der Waals surface area contributed by atoms with E-state index in [1.807, 2.05) is 18.5 Å². The lowest BCUT2D eigenvalue weighted by Crippen LogP contribution is -2.75. The van der Waals surface area contributed by atoms with Crippen molar-refractivity contribution in [1.82, 2.24) is 24.3 Å². The van der Waals surface area contributed by atoms with Crippen molar-refractivity contribution in [3.63, 3.8) is 0 Å². The van der Waals surface area contributed by atoms with Crippen molar-refractivity contribution in [1.29, 1.82) is 0 Å². The van der Waals surface area contributed by atoms with Gasteiger partial charge in [0.25, 0.3) is 0 Å². The van der Waals surface area contributed by atoms with Crippen LogP contribution in [0.4, 0.5) is 5.95 Å². The zero-order valence-electron chi connectivity index (χ0n) is 16.6. The van der Waals surface area contributed by atoms with E-state index in [4.69, 9.17) is 21.7 Å². The standard InChI is InChI=1S/C22H25ClN6/c1-15-10-28(14-24-15)22-11-21(12-22,13-22)26-20-25-19-18(7-2-3-8-29(19)27-20)16-5-4-6-17(23)9-16/h4-6,9-10,14,18H,2-3,7-8,11-13H2,1H3,(H,26,27)/t18-,21?,22?/m0/s1. The van der Waals surface area contributed by atoms with Gasteiger partial charge in [0.15, 0.2) is 0 Å². The maximum Gasteiger partial charge on any atom is 0.242 e. The fourth-order valence-electron chi connectivity index (χ4n) is 5.67. The third-order valence-corrected chi connectivity index (χ3v) is 7.25. The van der Waals surface area contributed by atoms with Gasteiger partial charge in [-0.15, -0.1) is 5.10 Å². The van der Waals surface area contributed by atoms with Gasteiger partial charge in [0.05, 0.1) is 17.6 Å². The molecule has 1 aromatic carbocycles. The Morgan fingerprint density at radius 3 is 2.83 bits per heavy atom. The molecule has 3 aliphatic carbocycles. The summed E-state index contributed by atoms with van der Waals surface area (Å²) in [5.74, 6) is 2.11. The molecule has 2 bridgehead atoms. The molecule has 2 aromatic heterocycles. The summed E-state index contributed by atoms with van der Waals surface area (Å²) in [4.78, 5) is 9.37. The fourth-order valence-corrected chi connectivity index (χ4v) is 5.86. The molecule has 7 rings (SSSR count). The highest BCUT2D eigenvalue weighted by Gasteiger charge is 2.69. The fraction of sp³-hybridized carbons (Fsp3) is 0.500. The predicted octanol–water partition coefficient (Wildman–Crippen LogP) is 4.50. The molecule has 0 saturated heterocycles. The second-order valence-corrected chi connectivity index (χ2v) is 9.64. The molecule has 0 unspecified atom stereocenters. The normalized spacial score (nSPS) is 30.1. The first-order valence-electron chi connectivity index (χ1n) is 10.5. The van der Waals surface area contributed by atoms with Crippen molar-refractivity contribution in [2.45, 2.75) is 69.0 Å². The quantitative estimate of drug-likeness (QED) is 0.690. The molecular weight excluding hydrogens is 384 g/mol. The molecule has 3 aromatic rings. The molecule has 3 saturated carbocycles. The Hall–Kier alpha value is -2.34. The number of imidazole rings is 1. The Labute approximate surface area is 175 Å².